The maximum absolute atomic E-state index is 12.3. The largest absolute Gasteiger partial charge is 0.573 e. The van der Waals surface area contributed by atoms with Crippen molar-refractivity contribution in [2.45, 2.75) is 6.36 Å². The normalized spacial score (nSPS) is 11.8. The van der Waals surface area contributed by atoms with Crippen molar-refractivity contribution in [2.24, 2.45) is 0 Å². The van der Waals surface area contributed by atoms with Crippen molar-refractivity contribution in [3.8, 4) is 5.75 Å². The number of hydrogen-bond donors (Lipinski definition) is 0. The number of rotatable bonds is 2. The predicted octanol–water partition coefficient (Wildman–Crippen LogP) is 4.85. The molecule has 0 N–H and O–H groups in total. The molecule has 0 fully saturated rings. The van der Waals surface area contributed by atoms with E-state index in [0.29, 0.717) is 11.0 Å². The minimum atomic E-state index is -4.83. The summed E-state index contributed by atoms with van der Waals surface area (Å²) >= 11 is 6.19. The highest BCUT2D eigenvalue weighted by Gasteiger charge is 2.31. The summed E-state index contributed by atoms with van der Waals surface area (Å²) in [5, 5.41) is 11.4. The van der Waals surface area contributed by atoms with Gasteiger partial charge >= 0.3 is 6.36 Å². The van der Waals surface area contributed by atoms with Gasteiger partial charge in [-0.05, 0) is 24.3 Å². The molecule has 9 heteroatoms. The minimum Gasteiger partial charge on any atom is -0.406 e. The van der Waals surface area contributed by atoms with Gasteiger partial charge < -0.3 is 4.74 Å². The van der Waals surface area contributed by atoms with Crippen molar-refractivity contribution in [3.05, 3.63) is 51.5 Å². The van der Waals surface area contributed by atoms with Gasteiger partial charge in [0.15, 0.2) is 0 Å². The SMILES string of the molecule is O=[N+]([O-])c1ccc2nc3ccc(OC(F)(F)F)cc3c(Cl)c2c1. The second kappa shape index (κ2) is 5.24. The van der Waals surface area contributed by atoms with Gasteiger partial charge in [0.05, 0.1) is 21.0 Å². The molecular weight excluding hydrogens is 337 g/mol. The molecule has 0 spiro atoms. The van der Waals surface area contributed by atoms with E-state index in [2.05, 4.69) is 9.72 Å². The Morgan fingerprint density at radius 2 is 1.70 bits per heavy atom. The molecule has 1 aromatic heterocycles. The molecule has 3 aromatic rings. The van der Waals surface area contributed by atoms with Crippen LogP contribution in [0.1, 0.15) is 0 Å². The molecule has 0 aliphatic heterocycles. The number of pyridine rings is 1. The fourth-order valence-electron chi connectivity index (χ4n) is 2.17. The van der Waals surface area contributed by atoms with Gasteiger partial charge in [0.25, 0.3) is 5.69 Å². The average molecular weight is 343 g/mol. The number of benzene rings is 2. The van der Waals surface area contributed by atoms with Crippen molar-refractivity contribution >= 4 is 39.1 Å². The van der Waals surface area contributed by atoms with Crippen LogP contribution in [0.5, 0.6) is 5.75 Å². The first kappa shape index (κ1) is 15.3. The van der Waals surface area contributed by atoms with Crippen molar-refractivity contribution in [2.75, 3.05) is 0 Å². The summed E-state index contributed by atoms with van der Waals surface area (Å²) in [6.07, 6.45) is -4.83. The lowest BCUT2D eigenvalue weighted by molar-refractivity contribution is -0.384. The monoisotopic (exact) mass is 342 g/mol. The minimum absolute atomic E-state index is 0.0707. The molecule has 2 aromatic carbocycles. The summed E-state index contributed by atoms with van der Waals surface area (Å²) in [5.74, 6) is -0.446. The van der Waals surface area contributed by atoms with E-state index in [1.807, 2.05) is 0 Å². The molecule has 0 bridgehead atoms. The third-order valence-electron chi connectivity index (χ3n) is 3.11. The summed E-state index contributed by atoms with van der Waals surface area (Å²) in [5.41, 5.74) is 0.562. The number of aromatic nitrogens is 1. The van der Waals surface area contributed by atoms with Crippen LogP contribution < -0.4 is 4.74 Å². The number of non-ortho nitro benzene ring substituents is 1. The van der Waals surface area contributed by atoms with E-state index in [1.165, 1.54) is 24.3 Å². The van der Waals surface area contributed by atoms with Gasteiger partial charge in [-0.25, -0.2) is 4.98 Å². The molecule has 0 atom stereocenters. The predicted molar refractivity (Wildman–Crippen MR) is 77.6 cm³/mol. The Morgan fingerprint density at radius 3 is 2.30 bits per heavy atom. The lowest BCUT2D eigenvalue weighted by atomic mass is 10.1. The summed E-state index contributed by atoms with van der Waals surface area (Å²) < 4.78 is 40.7. The fourth-order valence-corrected chi connectivity index (χ4v) is 2.47. The van der Waals surface area contributed by atoms with Crippen molar-refractivity contribution in [1.29, 1.82) is 0 Å². The van der Waals surface area contributed by atoms with Gasteiger partial charge in [-0.15, -0.1) is 13.2 Å². The number of halogens is 4. The maximum Gasteiger partial charge on any atom is 0.573 e. The molecule has 0 aliphatic carbocycles. The standard InChI is InChI=1S/C14H6ClF3N2O3/c15-13-9-5-7(20(21)22)1-3-11(9)19-12-4-2-8(6-10(12)13)23-14(16,17)18/h1-6H. The Hall–Kier alpha value is -2.61. The molecule has 0 saturated heterocycles. The van der Waals surface area contributed by atoms with Crippen LogP contribution in [0.25, 0.3) is 21.8 Å². The number of fused-ring (bicyclic) bond motifs is 2. The Labute approximate surface area is 131 Å². The molecule has 0 aliphatic rings. The molecule has 118 valence electrons. The van der Waals surface area contributed by atoms with Gasteiger partial charge in [-0.2, -0.15) is 0 Å². The molecule has 0 unspecified atom stereocenters. The first-order valence-electron chi connectivity index (χ1n) is 6.18. The van der Waals surface area contributed by atoms with Crippen LogP contribution >= 0.6 is 11.6 Å². The molecule has 0 saturated carbocycles. The topological polar surface area (TPSA) is 65.3 Å². The van der Waals surface area contributed by atoms with E-state index in [-0.39, 0.29) is 21.5 Å². The van der Waals surface area contributed by atoms with Crippen LogP contribution in [0.15, 0.2) is 36.4 Å². The third kappa shape index (κ3) is 2.98. The molecule has 1 heterocycles. The number of ether oxygens (including phenoxy) is 1. The van der Waals surface area contributed by atoms with E-state index in [9.17, 15) is 23.3 Å². The second-order valence-electron chi connectivity index (χ2n) is 4.61. The van der Waals surface area contributed by atoms with Crippen LogP contribution in [0.2, 0.25) is 5.02 Å². The highest BCUT2D eigenvalue weighted by Crippen LogP contribution is 2.35. The molecule has 0 amide bonds. The Bertz CT molecular complexity index is 944. The molecule has 3 rings (SSSR count). The van der Waals surface area contributed by atoms with E-state index >= 15 is 0 Å². The van der Waals surface area contributed by atoms with Gasteiger partial charge in [0, 0.05) is 22.9 Å². The molecule has 23 heavy (non-hydrogen) atoms. The van der Waals surface area contributed by atoms with Crippen molar-refractivity contribution in [3.63, 3.8) is 0 Å². The highest BCUT2D eigenvalue weighted by molar-refractivity contribution is 6.40. The van der Waals surface area contributed by atoms with Crippen molar-refractivity contribution < 1.29 is 22.8 Å². The van der Waals surface area contributed by atoms with Crippen LogP contribution in [0.4, 0.5) is 18.9 Å². The number of nitrogens with zero attached hydrogens (tertiary/aromatic N) is 2. The Balaban J connectivity index is 2.23. The summed E-state index contributed by atoms with van der Waals surface area (Å²) in [7, 11) is 0. The highest BCUT2D eigenvalue weighted by atomic mass is 35.5. The quantitative estimate of drug-likeness (QED) is 0.379. The van der Waals surface area contributed by atoms with Crippen LogP contribution in [0, 0.1) is 10.1 Å². The fraction of sp³-hybridized carbons (Fsp3) is 0.0714. The summed E-state index contributed by atoms with van der Waals surface area (Å²) in [6.45, 7) is 0. The Kier molecular flexibility index (Phi) is 3.48. The van der Waals surface area contributed by atoms with Crippen LogP contribution in [-0.4, -0.2) is 16.3 Å². The number of nitro benzene ring substituents is 1. The van der Waals surface area contributed by atoms with E-state index < -0.39 is 17.0 Å². The van der Waals surface area contributed by atoms with Gasteiger partial charge in [-0.3, -0.25) is 10.1 Å². The number of hydrogen-bond acceptors (Lipinski definition) is 4. The first-order chi connectivity index (χ1) is 10.7. The average Bonchev–Trinajstić information content (AvgIpc) is 2.46. The first-order valence-corrected chi connectivity index (χ1v) is 6.55. The van der Waals surface area contributed by atoms with E-state index in [1.54, 1.807) is 0 Å². The van der Waals surface area contributed by atoms with Gasteiger partial charge in [-0.1, -0.05) is 11.6 Å². The van der Waals surface area contributed by atoms with E-state index in [0.717, 1.165) is 12.1 Å². The van der Waals surface area contributed by atoms with Gasteiger partial charge in [0.1, 0.15) is 5.75 Å². The zero-order chi connectivity index (χ0) is 16.8. The number of alkyl halides is 3. The van der Waals surface area contributed by atoms with Crippen molar-refractivity contribution in [1.82, 2.24) is 4.98 Å². The molecule has 0 radical (unpaired) electrons. The Morgan fingerprint density at radius 1 is 1.09 bits per heavy atom. The third-order valence-corrected chi connectivity index (χ3v) is 3.51. The van der Waals surface area contributed by atoms with E-state index in [4.69, 9.17) is 11.6 Å². The maximum atomic E-state index is 12.3. The lowest BCUT2D eigenvalue weighted by Gasteiger charge is -2.10. The van der Waals surface area contributed by atoms with Crippen LogP contribution in [-0.2, 0) is 0 Å². The smallest absolute Gasteiger partial charge is 0.406 e. The second-order valence-corrected chi connectivity index (χ2v) is 4.99. The molecule has 5 nitrogen and oxygen atoms in total. The lowest BCUT2D eigenvalue weighted by Crippen LogP contribution is -2.17. The number of nitro groups is 1. The zero-order valence-electron chi connectivity index (χ0n) is 11.1. The van der Waals surface area contributed by atoms with Gasteiger partial charge in [0.2, 0.25) is 0 Å². The summed E-state index contributed by atoms with van der Waals surface area (Å²) in [6, 6.07) is 7.48. The molecular formula is C14H6ClF3N2O3. The summed E-state index contributed by atoms with van der Waals surface area (Å²) in [4.78, 5) is 14.5. The van der Waals surface area contributed by atoms with Crippen LogP contribution in [0.3, 0.4) is 0 Å². The zero-order valence-corrected chi connectivity index (χ0v) is 11.9.